The number of carbonyl (C=O) groups is 1. The van der Waals surface area contributed by atoms with Crippen molar-refractivity contribution in [3.05, 3.63) is 70.2 Å². The SMILES string of the molecule is Cc1sc(N(Cc2cccc(N3CCCCC3)c2)c2ccc(C#N)cc2)nc1C(=O)NS(C)(=O)=O. The van der Waals surface area contributed by atoms with E-state index in [9.17, 15) is 18.5 Å². The first-order valence-electron chi connectivity index (χ1n) is 11.3. The van der Waals surface area contributed by atoms with Crippen molar-refractivity contribution in [1.29, 1.82) is 5.26 Å². The van der Waals surface area contributed by atoms with Crippen LogP contribution in [-0.4, -0.2) is 38.7 Å². The maximum absolute atomic E-state index is 12.5. The summed E-state index contributed by atoms with van der Waals surface area (Å²) in [7, 11) is -3.71. The van der Waals surface area contributed by atoms with Crippen LogP contribution in [0.15, 0.2) is 48.5 Å². The van der Waals surface area contributed by atoms with Gasteiger partial charge in [0.05, 0.1) is 24.4 Å². The van der Waals surface area contributed by atoms with Crippen LogP contribution in [0.25, 0.3) is 0 Å². The molecule has 0 atom stereocenters. The van der Waals surface area contributed by atoms with Gasteiger partial charge in [-0.3, -0.25) is 4.79 Å². The zero-order valence-corrected chi connectivity index (χ0v) is 21.3. The summed E-state index contributed by atoms with van der Waals surface area (Å²) in [5.41, 5.74) is 3.70. The van der Waals surface area contributed by atoms with E-state index in [1.807, 2.05) is 27.8 Å². The predicted molar refractivity (Wildman–Crippen MR) is 139 cm³/mol. The standard InChI is InChI=1S/C25H27N5O3S2/c1-18-23(24(31)28-35(2,32)33)27-25(34-18)30(21-11-9-19(16-26)10-12-21)17-20-7-6-8-22(15-20)29-13-4-3-5-14-29/h6-12,15H,3-5,13-14,17H2,1-2H3,(H,28,31). The molecule has 0 bridgehead atoms. The van der Waals surface area contributed by atoms with Gasteiger partial charge in [-0.05, 0) is 68.1 Å². The van der Waals surface area contributed by atoms with E-state index in [4.69, 9.17) is 0 Å². The van der Waals surface area contributed by atoms with E-state index < -0.39 is 15.9 Å². The van der Waals surface area contributed by atoms with Crippen LogP contribution in [0, 0.1) is 18.3 Å². The lowest BCUT2D eigenvalue weighted by Crippen LogP contribution is -2.30. The average molecular weight is 510 g/mol. The van der Waals surface area contributed by atoms with E-state index in [1.165, 1.54) is 36.3 Å². The highest BCUT2D eigenvalue weighted by atomic mass is 32.2. The Hall–Kier alpha value is -3.42. The third-order valence-electron chi connectivity index (χ3n) is 5.79. The molecule has 4 rings (SSSR count). The molecule has 1 aromatic heterocycles. The molecule has 0 spiro atoms. The van der Waals surface area contributed by atoms with Crippen LogP contribution in [-0.2, 0) is 16.6 Å². The molecule has 1 amide bonds. The number of nitrogens with one attached hydrogen (secondary N) is 1. The number of piperidine rings is 1. The third-order valence-corrected chi connectivity index (χ3v) is 7.34. The largest absolute Gasteiger partial charge is 0.372 e. The molecule has 1 saturated heterocycles. The molecule has 3 aromatic rings. The Kier molecular flexibility index (Phi) is 7.38. The monoisotopic (exact) mass is 509 g/mol. The van der Waals surface area contributed by atoms with Crippen molar-refractivity contribution < 1.29 is 13.2 Å². The molecule has 0 radical (unpaired) electrons. The summed E-state index contributed by atoms with van der Waals surface area (Å²) in [6.07, 6.45) is 4.59. The van der Waals surface area contributed by atoms with Crippen molar-refractivity contribution in [2.75, 3.05) is 29.1 Å². The van der Waals surface area contributed by atoms with Crippen molar-refractivity contribution in [2.45, 2.75) is 32.7 Å². The number of nitriles is 1. The first-order chi connectivity index (χ1) is 16.7. The fourth-order valence-electron chi connectivity index (χ4n) is 4.10. The molecule has 35 heavy (non-hydrogen) atoms. The molecule has 182 valence electrons. The van der Waals surface area contributed by atoms with E-state index in [2.05, 4.69) is 34.2 Å². The molecule has 0 aliphatic carbocycles. The number of aromatic nitrogens is 1. The van der Waals surface area contributed by atoms with Crippen LogP contribution in [0.4, 0.5) is 16.5 Å². The van der Waals surface area contributed by atoms with E-state index in [-0.39, 0.29) is 5.69 Å². The van der Waals surface area contributed by atoms with Gasteiger partial charge in [0.1, 0.15) is 5.69 Å². The number of hydrogen-bond donors (Lipinski definition) is 1. The molecule has 1 aliphatic heterocycles. The van der Waals surface area contributed by atoms with Crippen LogP contribution < -0.4 is 14.5 Å². The summed E-state index contributed by atoms with van der Waals surface area (Å²) in [4.78, 5) is 22.0. The van der Waals surface area contributed by atoms with E-state index >= 15 is 0 Å². The number of thiazole rings is 1. The van der Waals surface area contributed by atoms with Gasteiger partial charge in [0.2, 0.25) is 10.0 Å². The van der Waals surface area contributed by atoms with Crippen molar-refractivity contribution in [3.63, 3.8) is 0 Å². The summed E-state index contributed by atoms with van der Waals surface area (Å²) in [6.45, 7) is 4.33. The summed E-state index contributed by atoms with van der Waals surface area (Å²) in [6, 6.07) is 17.7. The third kappa shape index (κ3) is 6.18. The molecule has 0 unspecified atom stereocenters. The number of hydrogen-bond acceptors (Lipinski definition) is 8. The highest BCUT2D eigenvalue weighted by molar-refractivity contribution is 7.89. The highest BCUT2D eigenvalue weighted by Gasteiger charge is 2.22. The summed E-state index contributed by atoms with van der Waals surface area (Å²) >= 11 is 1.32. The Morgan fingerprint density at radius 2 is 1.89 bits per heavy atom. The summed E-state index contributed by atoms with van der Waals surface area (Å²) in [5.74, 6) is -0.751. The lowest BCUT2D eigenvalue weighted by atomic mass is 10.1. The van der Waals surface area contributed by atoms with Gasteiger partial charge in [-0.15, -0.1) is 11.3 Å². The topological polar surface area (TPSA) is 106 Å². The number of sulfonamides is 1. The van der Waals surface area contributed by atoms with Crippen molar-refractivity contribution in [3.8, 4) is 6.07 Å². The molecular formula is C25H27N5O3S2. The maximum Gasteiger partial charge on any atom is 0.284 e. The zero-order valence-electron chi connectivity index (χ0n) is 19.7. The fraction of sp³-hybridized carbons (Fsp3) is 0.320. The van der Waals surface area contributed by atoms with Gasteiger partial charge in [0, 0.05) is 29.3 Å². The van der Waals surface area contributed by atoms with E-state index in [1.54, 1.807) is 19.1 Å². The van der Waals surface area contributed by atoms with Crippen molar-refractivity contribution in [2.24, 2.45) is 0 Å². The minimum atomic E-state index is -3.71. The molecule has 2 heterocycles. The second kappa shape index (κ2) is 10.5. The minimum Gasteiger partial charge on any atom is -0.372 e. The number of carbonyl (C=O) groups excluding carboxylic acids is 1. The van der Waals surface area contributed by atoms with Crippen LogP contribution in [0.2, 0.25) is 0 Å². The van der Waals surface area contributed by atoms with Crippen LogP contribution in [0.1, 0.15) is 45.8 Å². The fourth-order valence-corrected chi connectivity index (χ4v) is 5.46. The van der Waals surface area contributed by atoms with Gasteiger partial charge in [-0.25, -0.2) is 18.1 Å². The van der Waals surface area contributed by atoms with Gasteiger partial charge in [0.25, 0.3) is 5.91 Å². The summed E-state index contributed by atoms with van der Waals surface area (Å²) in [5, 5.41) is 9.76. The second-order valence-electron chi connectivity index (χ2n) is 8.57. The predicted octanol–water partition coefficient (Wildman–Crippen LogP) is 4.34. The Morgan fingerprint density at radius 1 is 1.17 bits per heavy atom. The Balaban J connectivity index is 1.68. The van der Waals surface area contributed by atoms with Gasteiger partial charge >= 0.3 is 0 Å². The van der Waals surface area contributed by atoms with Crippen LogP contribution >= 0.6 is 11.3 Å². The molecular weight excluding hydrogens is 482 g/mol. The number of anilines is 3. The highest BCUT2D eigenvalue weighted by Crippen LogP contribution is 2.34. The van der Waals surface area contributed by atoms with Crippen LogP contribution in [0.3, 0.4) is 0 Å². The first-order valence-corrected chi connectivity index (χ1v) is 14.1. The Bertz CT molecular complexity index is 1350. The van der Waals surface area contributed by atoms with Crippen LogP contribution in [0.5, 0.6) is 0 Å². The number of amides is 1. The number of nitrogens with zero attached hydrogens (tertiary/aromatic N) is 4. The quantitative estimate of drug-likeness (QED) is 0.505. The molecule has 2 aromatic carbocycles. The van der Waals surface area contributed by atoms with Crippen molar-refractivity contribution >= 4 is 43.8 Å². The molecule has 8 nitrogen and oxygen atoms in total. The molecule has 10 heteroatoms. The van der Waals surface area contributed by atoms with Crippen molar-refractivity contribution in [1.82, 2.24) is 9.71 Å². The molecule has 1 N–H and O–H groups in total. The van der Waals surface area contributed by atoms with Gasteiger partial charge in [-0.2, -0.15) is 5.26 Å². The average Bonchev–Trinajstić information content (AvgIpc) is 3.24. The molecule has 1 fully saturated rings. The maximum atomic E-state index is 12.5. The molecule has 0 saturated carbocycles. The van der Waals surface area contributed by atoms with Gasteiger partial charge in [-0.1, -0.05) is 12.1 Å². The minimum absolute atomic E-state index is 0.0798. The Labute approximate surface area is 209 Å². The lowest BCUT2D eigenvalue weighted by Gasteiger charge is -2.29. The summed E-state index contributed by atoms with van der Waals surface area (Å²) < 4.78 is 25.1. The smallest absolute Gasteiger partial charge is 0.284 e. The van der Waals surface area contributed by atoms with E-state index in [0.717, 1.165) is 30.6 Å². The normalized spacial score (nSPS) is 13.8. The second-order valence-corrected chi connectivity index (χ2v) is 11.5. The van der Waals surface area contributed by atoms with Gasteiger partial charge in [0.15, 0.2) is 5.13 Å². The zero-order chi connectivity index (χ0) is 25.0. The molecule has 1 aliphatic rings. The van der Waals surface area contributed by atoms with E-state index in [0.29, 0.717) is 22.1 Å². The Morgan fingerprint density at radius 3 is 2.54 bits per heavy atom. The number of benzene rings is 2. The first kappa shape index (κ1) is 24.7. The van der Waals surface area contributed by atoms with Gasteiger partial charge < -0.3 is 9.80 Å². The number of aryl methyl sites for hydroxylation is 1. The lowest BCUT2D eigenvalue weighted by molar-refractivity contribution is 0.0977. The number of rotatable bonds is 7.